The van der Waals surface area contributed by atoms with Crippen molar-refractivity contribution in [1.29, 1.82) is 0 Å². The van der Waals surface area contributed by atoms with Gasteiger partial charge in [0, 0.05) is 32.1 Å². The quantitative estimate of drug-likeness (QED) is 0.177. The van der Waals surface area contributed by atoms with Crippen LogP contribution in [-0.2, 0) is 0 Å². The fraction of sp³-hybridized carbons (Fsp3) is 0.0250. The number of hydrogen-bond donors (Lipinski definition) is 0. The lowest BCUT2D eigenvalue weighted by atomic mass is 10.1. The Labute approximate surface area is 255 Å². The molecule has 0 bridgehead atoms. The van der Waals surface area contributed by atoms with Crippen LogP contribution in [0.3, 0.4) is 0 Å². The highest BCUT2D eigenvalue weighted by Gasteiger charge is 2.38. The van der Waals surface area contributed by atoms with E-state index in [1.807, 2.05) is 0 Å². The smallest absolute Gasteiger partial charge is 0.150 e. The first kappa shape index (κ1) is 23.2. The SMILES string of the molecule is C1=CC2Oc3ccc4ccccc4c3S3=C2C(=C1)n1c2cc(-n4c5ccccc5c5ccccc54)ccc2c2cccc3c21. The number of nitrogens with zero attached hydrogens (tertiary/aromatic N) is 2. The molecule has 6 aromatic carbocycles. The number of benzene rings is 6. The number of ether oxygens (including phenoxy) is 1. The maximum absolute atomic E-state index is 6.78. The Morgan fingerprint density at radius 3 is 2.16 bits per heavy atom. The minimum absolute atomic E-state index is 0.0895. The molecule has 11 rings (SSSR count). The van der Waals surface area contributed by atoms with Crippen LogP contribution in [0.2, 0.25) is 0 Å². The molecule has 2 aromatic heterocycles. The van der Waals surface area contributed by atoms with Crippen LogP contribution in [0, 0.1) is 0 Å². The predicted octanol–water partition coefficient (Wildman–Crippen LogP) is 10.1. The third kappa shape index (κ3) is 2.78. The molecule has 8 aromatic rings. The van der Waals surface area contributed by atoms with Crippen molar-refractivity contribution in [2.24, 2.45) is 0 Å². The monoisotopic (exact) mass is 580 g/mol. The van der Waals surface area contributed by atoms with Gasteiger partial charge in [0.25, 0.3) is 0 Å². The number of fused-ring (bicyclic) bond motifs is 12. The van der Waals surface area contributed by atoms with Gasteiger partial charge >= 0.3 is 0 Å². The zero-order chi connectivity index (χ0) is 28.5. The molecule has 0 N–H and O–H groups in total. The molecule has 2 unspecified atom stereocenters. The molecule has 206 valence electrons. The standard InChI is InChI=1S/C40H24N2OS/c1-2-10-26-24(9-1)19-22-36-39(26)44-37-18-7-13-30-29-21-20-25(41-31-14-5-3-11-27(31)28-12-4-6-15-32(28)41)23-34(29)42(38(30)37)33-16-8-17-35(43-36)40(33)44/h1-23,35H. The average Bonchev–Trinajstić information content (AvgIpc) is 3.60. The summed E-state index contributed by atoms with van der Waals surface area (Å²) in [4.78, 5) is 4.05. The van der Waals surface area contributed by atoms with E-state index in [4.69, 9.17) is 4.74 Å². The molecule has 2 atom stereocenters. The number of aromatic nitrogens is 2. The van der Waals surface area contributed by atoms with Crippen molar-refractivity contribution in [3.63, 3.8) is 0 Å². The number of allylic oxidation sites excluding steroid dienone is 2. The average molecular weight is 581 g/mol. The molecule has 0 spiro atoms. The second-order valence-corrected chi connectivity index (χ2v) is 13.7. The Morgan fingerprint density at radius 1 is 0.591 bits per heavy atom. The Bertz CT molecular complexity index is 2650. The first-order valence-corrected chi connectivity index (χ1v) is 16.3. The Hall–Kier alpha value is -5.32. The zero-order valence-corrected chi connectivity index (χ0v) is 24.4. The number of para-hydroxylation sites is 3. The Balaban J connectivity index is 1.26. The lowest BCUT2D eigenvalue weighted by Crippen LogP contribution is -2.34. The molecular formula is C40H24N2OS. The number of hydrogen-bond acceptors (Lipinski definition) is 1. The summed E-state index contributed by atoms with van der Waals surface area (Å²) in [7, 11) is -0.262. The predicted molar refractivity (Wildman–Crippen MR) is 185 cm³/mol. The van der Waals surface area contributed by atoms with Crippen LogP contribution < -0.4 is 4.74 Å². The normalized spacial score (nSPS) is 18.2. The third-order valence-electron chi connectivity index (χ3n) is 9.61. The molecule has 0 saturated heterocycles. The fourth-order valence-corrected chi connectivity index (χ4v) is 10.6. The van der Waals surface area contributed by atoms with Gasteiger partial charge in [-0.1, -0.05) is 91.0 Å². The van der Waals surface area contributed by atoms with Crippen LogP contribution in [0.25, 0.3) is 65.8 Å². The van der Waals surface area contributed by atoms with E-state index in [1.165, 1.54) is 80.4 Å². The fourth-order valence-electron chi connectivity index (χ4n) is 7.84. The highest BCUT2D eigenvalue weighted by molar-refractivity contribution is 8.17. The Morgan fingerprint density at radius 2 is 1.32 bits per heavy atom. The summed E-state index contributed by atoms with van der Waals surface area (Å²) in [5.74, 6) is 1.00. The molecule has 4 heterocycles. The molecular weight excluding hydrogens is 557 g/mol. The highest BCUT2D eigenvalue weighted by Crippen LogP contribution is 2.57. The first-order valence-electron chi connectivity index (χ1n) is 15.1. The van der Waals surface area contributed by atoms with Gasteiger partial charge in [0.1, 0.15) is 5.75 Å². The van der Waals surface area contributed by atoms with Gasteiger partial charge in [-0.2, -0.15) is 0 Å². The molecule has 0 fully saturated rings. The summed E-state index contributed by atoms with van der Waals surface area (Å²) >= 11 is 0. The molecule has 44 heavy (non-hydrogen) atoms. The molecule has 3 nitrogen and oxygen atoms in total. The van der Waals surface area contributed by atoms with Crippen molar-refractivity contribution in [2.75, 3.05) is 0 Å². The molecule has 0 saturated carbocycles. The second kappa shape index (κ2) is 8.19. The third-order valence-corrected chi connectivity index (χ3v) is 12.1. The summed E-state index contributed by atoms with van der Waals surface area (Å²) in [5, 5.41) is 7.68. The maximum atomic E-state index is 6.78. The summed E-state index contributed by atoms with van der Waals surface area (Å²) in [6, 6.07) is 44.5. The van der Waals surface area contributed by atoms with E-state index in [2.05, 4.69) is 149 Å². The van der Waals surface area contributed by atoms with E-state index < -0.39 is 0 Å². The maximum Gasteiger partial charge on any atom is 0.150 e. The van der Waals surface area contributed by atoms with Crippen molar-refractivity contribution in [1.82, 2.24) is 9.13 Å². The summed E-state index contributed by atoms with van der Waals surface area (Å²) < 4.78 is 11.7. The molecule has 0 radical (unpaired) electrons. The molecule has 3 aliphatic rings. The lowest BCUT2D eigenvalue weighted by molar-refractivity contribution is 0.306. The molecule has 4 heteroatoms. The number of rotatable bonds is 1. The van der Waals surface area contributed by atoms with Crippen LogP contribution in [0.15, 0.2) is 149 Å². The van der Waals surface area contributed by atoms with Gasteiger partial charge in [-0.15, -0.1) is 10.5 Å². The largest absolute Gasteiger partial charge is 0.480 e. The van der Waals surface area contributed by atoms with Gasteiger partial charge in [0.2, 0.25) is 0 Å². The first-order chi connectivity index (χ1) is 21.8. The van der Waals surface area contributed by atoms with Crippen molar-refractivity contribution in [2.45, 2.75) is 15.9 Å². The van der Waals surface area contributed by atoms with Crippen molar-refractivity contribution >= 4 is 75.4 Å². The summed E-state index contributed by atoms with van der Waals surface area (Å²) in [5.41, 5.74) is 7.41. The van der Waals surface area contributed by atoms with E-state index in [0.717, 1.165) is 5.75 Å². The van der Waals surface area contributed by atoms with Gasteiger partial charge < -0.3 is 13.9 Å². The van der Waals surface area contributed by atoms with Crippen molar-refractivity contribution in [3.05, 3.63) is 140 Å². The molecule has 2 aliphatic heterocycles. The summed E-state index contributed by atoms with van der Waals surface area (Å²) in [6.07, 6.45) is 6.61. The van der Waals surface area contributed by atoms with Crippen LogP contribution in [0.4, 0.5) is 0 Å². The topological polar surface area (TPSA) is 19.1 Å². The van der Waals surface area contributed by atoms with E-state index in [1.54, 1.807) is 0 Å². The zero-order valence-electron chi connectivity index (χ0n) is 23.6. The van der Waals surface area contributed by atoms with Gasteiger partial charge in [0.05, 0.1) is 37.5 Å². The minimum Gasteiger partial charge on any atom is -0.480 e. The van der Waals surface area contributed by atoms with Crippen LogP contribution >= 0.6 is 10.5 Å². The van der Waals surface area contributed by atoms with E-state index >= 15 is 0 Å². The van der Waals surface area contributed by atoms with E-state index in [0.29, 0.717) is 0 Å². The summed E-state index contributed by atoms with van der Waals surface area (Å²) in [6.45, 7) is 0. The van der Waals surface area contributed by atoms with Gasteiger partial charge in [0.15, 0.2) is 6.10 Å². The molecule has 0 amide bonds. The van der Waals surface area contributed by atoms with E-state index in [-0.39, 0.29) is 16.6 Å². The molecule has 1 aliphatic carbocycles. The van der Waals surface area contributed by atoms with Gasteiger partial charge in [-0.05, 0) is 59.3 Å². The van der Waals surface area contributed by atoms with Crippen LogP contribution in [-0.4, -0.2) is 20.1 Å². The van der Waals surface area contributed by atoms with E-state index in [9.17, 15) is 0 Å². The second-order valence-electron chi connectivity index (χ2n) is 11.8. The minimum atomic E-state index is -0.262. The van der Waals surface area contributed by atoms with Crippen LogP contribution in [0.5, 0.6) is 5.75 Å². The van der Waals surface area contributed by atoms with Crippen molar-refractivity contribution in [3.8, 4) is 11.4 Å². The lowest BCUT2D eigenvalue weighted by Gasteiger charge is -2.37. The van der Waals surface area contributed by atoms with Crippen LogP contribution in [0.1, 0.15) is 0 Å². The van der Waals surface area contributed by atoms with Gasteiger partial charge in [-0.3, -0.25) is 0 Å². The van der Waals surface area contributed by atoms with Crippen molar-refractivity contribution < 1.29 is 4.74 Å². The highest BCUT2D eigenvalue weighted by atomic mass is 32.2. The Kier molecular flexibility index (Phi) is 4.31. The van der Waals surface area contributed by atoms with Gasteiger partial charge in [-0.25, -0.2) is 0 Å².